The van der Waals surface area contributed by atoms with Gasteiger partial charge in [-0.25, -0.2) is 0 Å². The van der Waals surface area contributed by atoms with E-state index < -0.39 is 6.10 Å². The van der Waals surface area contributed by atoms with Gasteiger partial charge in [0.15, 0.2) is 0 Å². The molecule has 0 aromatic rings. The molecule has 0 saturated carbocycles. The summed E-state index contributed by atoms with van der Waals surface area (Å²) in [5, 5.41) is 0. The van der Waals surface area contributed by atoms with E-state index in [0.29, 0.717) is 6.54 Å². The summed E-state index contributed by atoms with van der Waals surface area (Å²) in [7, 11) is 3.14. The van der Waals surface area contributed by atoms with Gasteiger partial charge in [-0.1, -0.05) is 5.92 Å². The van der Waals surface area contributed by atoms with E-state index in [4.69, 9.17) is 11.2 Å². The summed E-state index contributed by atoms with van der Waals surface area (Å²) >= 11 is 0. The number of hydrogen-bond acceptors (Lipinski definition) is 2. The minimum absolute atomic E-state index is 0.0922. The van der Waals surface area contributed by atoms with Crippen LogP contribution in [0, 0.1) is 12.3 Å². The molecule has 1 amide bonds. The molecule has 0 radical (unpaired) electrons. The monoisotopic (exact) mass is 155 g/mol. The first kappa shape index (κ1) is 9.99. The van der Waals surface area contributed by atoms with Gasteiger partial charge in [-0.3, -0.25) is 4.79 Å². The molecule has 0 aromatic heterocycles. The zero-order chi connectivity index (χ0) is 8.85. The third-order valence-electron chi connectivity index (χ3n) is 1.41. The van der Waals surface area contributed by atoms with E-state index in [2.05, 4.69) is 5.92 Å². The molecule has 0 bridgehead atoms. The van der Waals surface area contributed by atoms with E-state index in [-0.39, 0.29) is 5.91 Å². The molecule has 0 N–H and O–H groups in total. The van der Waals surface area contributed by atoms with Crippen LogP contribution in [0.3, 0.4) is 0 Å². The number of carbonyl (C=O) groups excluding carboxylic acids is 1. The standard InChI is InChI=1S/C8H13NO2/c1-5-6-9(3)8(10)7(2)11-4/h1,7H,6H2,2-4H3. The van der Waals surface area contributed by atoms with E-state index in [1.54, 1.807) is 14.0 Å². The number of carbonyl (C=O) groups is 1. The third kappa shape index (κ3) is 3.06. The molecule has 0 saturated heterocycles. The quantitative estimate of drug-likeness (QED) is 0.541. The van der Waals surface area contributed by atoms with Crippen molar-refractivity contribution in [1.82, 2.24) is 4.90 Å². The number of terminal acetylenes is 1. The summed E-state index contributed by atoms with van der Waals surface area (Å²) < 4.78 is 4.82. The highest BCUT2D eigenvalue weighted by Gasteiger charge is 2.14. The molecule has 3 nitrogen and oxygen atoms in total. The van der Waals surface area contributed by atoms with Crippen molar-refractivity contribution in [3.63, 3.8) is 0 Å². The maximum atomic E-state index is 11.2. The van der Waals surface area contributed by atoms with Crippen LogP contribution in [-0.4, -0.2) is 37.6 Å². The van der Waals surface area contributed by atoms with Gasteiger partial charge in [0.1, 0.15) is 6.10 Å². The third-order valence-corrected chi connectivity index (χ3v) is 1.41. The lowest BCUT2D eigenvalue weighted by molar-refractivity contribution is -0.138. The summed E-state index contributed by atoms with van der Waals surface area (Å²) in [6.07, 6.45) is 4.62. The summed E-state index contributed by atoms with van der Waals surface area (Å²) in [6.45, 7) is 2.02. The number of rotatable bonds is 3. The van der Waals surface area contributed by atoms with Gasteiger partial charge >= 0.3 is 0 Å². The number of methoxy groups -OCH3 is 1. The number of amides is 1. The Morgan fingerprint density at radius 2 is 2.36 bits per heavy atom. The van der Waals surface area contributed by atoms with Crippen molar-refractivity contribution in [2.75, 3.05) is 20.7 Å². The normalized spacial score (nSPS) is 11.8. The predicted octanol–water partition coefficient (Wildman–Crippen LogP) is 0.113. The summed E-state index contributed by atoms with van der Waals surface area (Å²) in [4.78, 5) is 12.6. The highest BCUT2D eigenvalue weighted by molar-refractivity contribution is 5.80. The van der Waals surface area contributed by atoms with Crippen LogP contribution < -0.4 is 0 Å². The smallest absolute Gasteiger partial charge is 0.251 e. The molecule has 1 unspecified atom stereocenters. The molecule has 0 rings (SSSR count). The summed E-state index contributed by atoms with van der Waals surface area (Å²) in [6, 6.07) is 0. The van der Waals surface area contributed by atoms with Crippen molar-refractivity contribution in [2.45, 2.75) is 13.0 Å². The number of nitrogens with zero attached hydrogens (tertiary/aromatic N) is 1. The van der Waals surface area contributed by atoms with Crippen molar-refractivity contribution in [2.24, 2.45) is 0 Å². The van der Waals surface area contributed by atoms with Crippen LogP contribution in [0.4, 0.5) is 0 Å². The van der Waals surface area contributed by atoms with Gasteiger partial charge in [0.2, 0.25) is 0 Å². The van der Waals surface area contributed by atoms with Crippen LogP contribution in [0.25, 0.3) is 0 Å². The lowest BCUT2D eigenvalue weighted by Gasteiger charge is -2.17. The van der Waals surface area contributed by atoms with E-state index in [9.17, 15) is 4.79 Å². The maximum Gasteiger partial charge on any atom is 0.251 e. The predicted molar refractivity (Wildman–Crippen MR) is 42.9 cm³/mol. The number of ether oxygens (including phenoxy) is 1. The Labute approximate surface area is 67.3 Å². The minimum atomic E-state index is -0.409. The maximum absolute atomic E-state index is 11.2. The zero-order valence-electron chi connectivity index (χ0n) is 7.13. The Hall–Kier alpha value is -1.01. The molecule has 0 fully saturated rings. The van der Waals surface area contributed by atoms with Crippen LogP contribution in [0.15, 0.2) is 0 Å². The Bertz CT molecular complexity index is 171. The van der Waals surface area contributed by atoms with E-state index >= 15 is 0 Å². The first-order valence-electron chi connectivity index (χ1n) is 3.34. The largest absolute Gasteiger partial charge is 0.372 e. The average Bonchev–Trinajstić information content (AvgIpc) is 2.02. The van der Waals surface area contributed by atoms with Crippen LogP contribution in [0.2, 0.25) is 0 Å². The molecule has 1 atom stereocenters. The van der Waals surface area contributed by atoms with Gasteiger partial charge in [-0.05, 0) is 6.92 Å². The second-order valence-corrected chi connectivity index (χ2v) is 2.28. The summed E-state index contributed by atoms with van der Waals surface area (Å²) in [5.41, 5.74) is 0. The van der Waals surface area contributed by atoms with Gasteiger partial charge in [-0.2, -0.15) is 0 Å². The highest BCUT2D eigenvalue weighted by Crippen LogP contribution is 1.93. The van der Waals surface area contributed by atoms with Crippen molar-refractivity contribution in [3.8, 4) is 12.3 Å². The topological polar surface area (TPSA) is 29.5 Å². The second-order valence-electron chi connectivity index (χ2n) is 2.28. The van der Waals surface area contributed by atoms with Crippen LogP contribution in [0.5, 0.6) is 0 Å². The highest BCUT2D eigenvalue weighted by atomic mass is 16.5. The van der Waals surface area contributed by atoms with E-state index in [1.165, 1.54) is 12.0 Å². The molecular weight excluding hydrogens is 142 g/mol. The van der Waals surface area contributed by atoms with Crippen LogP contribution in [-0.2, 0) is 9.53 Å². The molecule has 11 heavy (non-hydrogen) atoms. The molecule has 0 aliphatic carbocycles. The van der Waals surface area contributed by atoms with E-state index in [0.717, 1.165) is 0 Å². The Morgan fingerprint density at radius 1 is 1.82 bits per heavy atom. The SMILES string of the molecule is C#CCN(C)C(=O)C(C)OC. The van der Waals surface area contributed by atoms with Crippen LogP contribution >= 0.6 is 0 Å². The Kier molecular flexibility index (Phi) is 4.32. The number of hydrogen-bond donors (Lipinski definition) is 0. The second kappa shape index (κ2) is 4.75. The first-order valence-corrected chi connectivity index (χ1v) is 3.34. The summed E-state index contributed by atoms with van der Waals surface area (Å²) in [5.74, 6) is 2.28. The fraction of sp³-hybridized carbons (Fsp3) is 0.625. The zero-order valence-corrected chi connectivity index (χ0v) is 7.13. The first-order chi connectivity index (χ1) is 5.13. The Morgan fingerprint density at radius 3 is 2.73 bits per heavy atom. The molecular formula is C8H13NO2. The molecule has 62 valence electrons. The van der Waals surface area contributed by atoms with Crippen molar-refractivity contribution in [1.29, 1.82) is 0 Å². The van der Waals surface area contributed by atoms with Gasteiger partial charge in [0, 0.05) is 14.2 Å². The lowest BCUT2D eigenvalue weighted by Crippen LogP contribution is -2.35. The molecule has 0 aliphatic rings. The molecule has 3 heteroatoms. The molecule has 0 heterocycles. The number of likely N-dealkylation sites (N-methyl/N-ethyl adjacent to an activating group) is 1. The molecule has 0 aromatic carbocycles. The molecule has 0 aliphatic heterocycles. The van der Waals surface area contributed by atoms with Crippen molar-refractivity contribution in [3.05, 3.63) is 0 Å². The van der Waals surface area contributed by atoms with Crippen molar-refractivity contribution >= 4 is 5.91 Å². The molecule has 0 spiro atoms. The van der Waals surface area contributed by atoms with Crippen molar-refractivity contribution < 1.29 is 9.53 Å². The van der Waals surface area contributed by atoms with E-state index in [1.807, 2.05) is 0 Å². The Balaban J connectivity index is 3.93. The van der Waals surface area contributed by atoms with Gasteiger partial charge in [0.25, 0.3) is 5.91 Å². The van der Waals surface area contributed by atoms with Gasteiger partial charge < -0.3 is 9.64 Å². The average molecular weight is 155 g/mol. The fourth-order valence-electron chi connectivity index (χ4n) is 0.626. The minimum Gasteiger partial charge on any atom is -0.372 e. The van der Waals surface area contributed by atoms with Gasteiger partial charge in [-0.15, -0.1) is 6.42 Å². The fourth-order valence-corrected chi connectivity index (χ4v) is 0.626. The van der Waals surface area contributed by atoms with Crippen LogP contribution in [0.1, 0.15) is 6.92 Å². The van der Waals surface area contributed by atoms with Gasteiger partial charge in [0.05, 0.1) is 6.54 Å². The lowest BCUT2D eigenvalue weighted by atomic mass is 10.3.